The van der Waals surface area contributed by atoms with Gasteiger partial charge in [0.2, 0.25) is 10.0 Å². The number of ether oxygens (including phenoxy) is 1. The molecular formula is C20H25NO4S. The van der Waals surface area contributed by atoms with Gasteiger partial charge in [-0.15, -0.1) is 0 Å². The first kappa shape index (κ1) is 18.9. The van der Waals surface area contributed by atoms with Gasteiger partial charge in [0.15, 0.2) is 0 Å². The monoisotopic (exact) mass is 375 g/mol. The maximum Gasteiger partial charge on any atom is 0.243 e. The number of benzene rings is 2. The number of rotatable bonds is 4. The molecule has 0 bridgehead atoms. The summed E-state index contributed by atoms with van der Waals surface area (Å²) in [6, 6.07) is 13.3. The molecule has 3 atom stereocenters. The van der Waals surface area contributed by atoms with Gasteiger partial charge in [0.05, 0.1) is 24.2 Å². The molecule has 2 aromatic rings. The van der Waals surface area contributed by atoms with E-state index in [-0.39, 0.29) is 10.9 Å². The Morgan fingerprint density at radius 1 is 1.04 bits per heavy atom. The van der Waals surface area contributed by atoms with E-state index in [1.807, 2.05) is 26.0 Å². The Morgan fingerprint density at radius 2 is 1.65 bits per heavy atom. The smallest absolute Gasteiger partial charge is 0.243 e. The lowest BCUT2D eigenvalue weighted by Gasteiger charge is -2.42. The summed E-state index contributed by atoms with van der Waals surface area (Å²) in [5, 5.41) is 10.7. The number of sulfonamides is 1. The number of hydrogen-bond donors (Lipinski definition) is 1. The number of methoxy groups -OCH3 is 1. The summed E-state index contributed by atoms with van der Waals surface area (Å²) in [5.41, 5.74) is 1.77. The highest BCUT2D eigenvalue weighted by Crippen LogP contribution is 2.39. The van der Waals surface area contributed by atoms with E-state index in [1.54, 1.807) is 43.5 Å². The highest BCUT2D eigenvalue weighted by molar-refractivity contribution is 7.89. The third-order valence-corrected chi connectivity index (χ3v) is 7.02. The van der Waals surface area contributed by atoms with E-state index in [9.17, 15) is 13.5 Å². The van der Waals surface area contributed by atoms with Crippen molar-refractivity contribution in [1.29, 1.82) is 0 Å². The lowest BCUT2D eigenvalue weighted by atomic mass is 9.91. The summed E-state index contributed by atoms with van der Waals surface area (Å²) in [5.74, 6) is 0.694. The molecular weight excluding hydrogens is 350 g/mol. The second-order valence-corrected chi connectivity index (χ2v) is 8.70. The zero-order valence-electron chi connectivity index (χ0n) is 15.3. The molecule has 0 radical (unpaired) electrons. The number of aryl methyl sites for hydroxylation is 1. The molecule has 0 unspecified atom stereocenters. The second kappa shape index (κ2) is 7.39. The largest absolute Gasteiger partial charge is 0.497 e. The number of nitrogens with zero attached hydrogens (tertiary/aromatic N) is 1. The van der Waals surface area contributed by atoms with Crippen LogP contribution in [0.5, 0.6) is 5.75 Å². The van der Waals surface area contributed by atoms with E-state index >= 15 is 0 Å². The second-order valence-electron chi connectivity index (χ2n) is 6.86. The van der Waals surface area contributed by atoms with Crippen LogP contribution in [-0.2, 0) is 10.0 Å². The summed E-state index contributed by atoms with van der Waals surface area (Å²) in [7, 11) is -2.15. The quantitative estimate of drug-likeness (QED) is 0.891. The van der Waals surface area contributed by atoms with Crippen LogP contribution >= 0.6 is 0 Å². The van der Waals surface area contributed by atoms with E-state index in [0.29, 0.717) is 18.6 Å². The molecule has 1 fully saturated rings. The van der Waals surface area contributed by atoms with E-state index in [4.69, 9.17) is 4.74 Å². The molecule has 26 heavy (non-hydrogen) atoms. The molecule has 0 amide bonds. The Labute approximate surface area is 155 Å². The topological polar surface area (TPSA) is 66.8 Å². The molecule has 0 saturated carbocycles. The molecule has 0 aromatic heterocycles. The van der Waals surface area contributed by atoms with Crippen LogP contribution < -0.4 is 4.74 Å². The predicted molar refractivity (Wildman–Crippen MR) is 101 cm³/mol. The Hall–Kier alpha value is -1.89. The molecule has 6 heteroatoms. The average Bonchev–Trinajstić information content (AvgIpc) is 2.63. The average molecular weight is 375 g/mol. The number of hydrogen-bond acceptors (Lipinski definition) is 4. The molecule has 0 spiro atoms. The molecule has 3 rings (SSSR count). The predicted octanol–water partition coefficient (Wildman–Crippen LogP) is 3.28. The zero-order chi connectivity index (χ0) is 18.9. The number of aliphatic hydroxyl groups excluding tert-OH is 1. The zero-order valence-corrected chi connectivity index (χ0v) is 16.1. The Morgan fingerprint density at radius 3 is 2.23 bits per heavy atom. The Balaban J connectivity index is 2.06. The molecule has 1 heterocycles. The fraction of sp³-hybridized carbons (Fsp3) is 0.400. The van der Waals surface area contributed by atoms with Crippen molar-refractivity contribution < 1.29 is 18.3 Å². The summed E-state index contributed by atoms with van der Waals surface area (Å²) >= 11 is 0. The highest BCUT2D eigenvalue weighted by atomic mass is 32.2. The van der Waals surface area contributed by atoms with Crippen molar-refractivity contribution >= 4 is 10.0 Å². The normalized spacial score (nSPS) is 24.4. The van der Waals surface area contributed by atoms with Gasteiger partial charge in [0.1, 0.15) is 5.75 Å². The van der Waals surface area contributed by atoms with Gasteiger partial charge in [-0.2, -0.15) is 4.31 Å². The van der Waals surface area contributed by atoms with Gasteiger partial charge in [0.25, 0.3) is 0 Å². The van der Waals surface area contributed by atoms with Crippen molar-refractivity contribution in [2.45, 2.75) is 49.8 Å². The minimum atomic E-state index is -3.73. The third-order valence-electron chi connectivity index (χ3n) is 5.01. The van der Waals surface area contributed by atoms with Gasteiger partial charge in [0, 0.05) is 6.04 Å². The van der Waals surface area contributed by atoms with Crippen molar-refractivity contribution in [2.75, 3.05) is 7.11 Å². The van der Waals surface area contributed by atoms with Gasteiger partial charge in [-0.3, -0.25) is 0 Å². The van der Waals surface area contributed by atoms with Crippen LogP contribution in [0.15, 0.2) is 53.4 Å². The van der Waals surface area contributed by atoms with E-state index < -0.39 is 22.2 Å². The van der Waals surface area contributed by atoms with Crippen LogP contribution in [0.2, 0.25) is 0 Å². The number of aliphatic hydroxyl groups is 1. The summed E-state index contributed by atoms with van der Waals surface area (Å²) in [4.78, 5) is 0.252. The molecule has 1 N–H and O–H groups in total. The Kier molecular flexibility index (Phi) is 5.37. The molecule has 5 nitrogen and oxygen atoms in total. The van der Waals surface area contributed by atoms with Crippen molar-refractivity contribution in [1.82, 2.24) is 4.31 Å². The minimum Gasteiger partial charge on any atom is -0.497 e. The first-order valence-corrected chi connectivity index (χ1v) is 10.2. The summed E-state index contributed by atoms with van der Waals surface area (Å²) < 4.78 is 33.4. The molecule has 2 aromatic carbocycles. The molecule has 1 aliphatic rings. The van der Waals surface area contributed by atoms with E-state index in [1.165, 1.54) is 4.31 Å². The van der Waals surface area contributed by atoms with Gasteiger partial charge in [-0.25, -0.2) is 8.42 Å². The van der Waals surface area contributed by atoms with E-state index in [0.717, 1.165) is 11.1 Å². The van der Waals surface area contributed by atoms with E-state index in [2.05, 4.69) is 0 Å². The number of piperidine rings is 1. The molecule has 140 valence electrons. The lowest BCUT2D eigenvalue weighted by molar-refractivity contribution is 0.0294. The first-order chi connectivity index (χ1) is 12.3. The van der Waals surface area contributed by atoms with Crippen LogP contribution in [0, 0.1) is 6.92 Å². The Bertz CT molecular complexity index is 846. The van der Waals surface area contributed by atoms with Gasteiger partial charge in [-0.05, 0) is 56.5 Å². The van der Waals surface area contributed by atoms with Crippen LogP contribution in [0.25, 0.3) is 0 Å². The van der Waals surface area contributed by atoms with Crippen LogP contribution in [0.4, 0.5) is 0 Å². The van der Waals surface area contributed by atoms with Crippen LogP contribution in [0.3, 0.4) is 0 Å². The fourth-order valence-electron chi connectivity index (χ4n) is 3.53. The summed E-state index contributed by atoms with van der Waals surface area (Å²) in [6.07, 6.45) is 0.441. The van der Waals surface area contributed by atoms with Crippen molar-refractivity contribution in [3.05, 3.63) is 59.7 Å². The molecule has 1 saturated heterocycles. The lowest BCUT2D eigenvalue weighted by Crippen LogP contribution is -2.49. The molecule has 1 aliphatic heterocycles. The van der Waals surface area contributed by atoms with Crippen molar-refractivity contribution in [3.63, 3.8) is 0 Å². The first-order valence-electron chi connectivity index (χ1n) is 8.77. The van der Waals surface area contributed by atoms with Gasteiger partial charge >= 0.3 is 0 Å². The van der Waals surface area contributed by atoms with Gasteiger partial charge in [-0.1, -0.05) is 29.8 Å². The van der Waals surface area contributed by atoms with Crippen LogP contribution in [-0.4, -0.2) is 37.1 Å². The third kappa shape index (κ3) is 3.49. The molecule has 0 aliphatic carbocycles. The SMILES string of the molecule is COc1ccc([C@@H]2[C@@H](O)CC[C@H](C)N2S(=O)(=O)c2ccc(C)cc2)cc1. The van der Waals surface area contributed by atoms with Crippen molar-refractivity contribution in [2.24, 2.45) is 0 Å². The maximum absolute atomic E-state index is 13.4. The standard InChI is InChI=1S/C20H25NO4S/c1-14-4-11-18(12-5-14)26(23,24)21-15(2)6-13-19(22)20(21)16-7-9-17(25-3)10-8-16/h4-5,7-12,15,19-20,22H,6,13H2,1-3H3/t15-,19-,20+/m0/s1. The van der Waals surface area contributed by atoms with Gasteiger partial charge < -0.3 is 9.84 Å². The fourth-order valence-corrected chi connectivity index (χ4v) is 5.39. The van der Waals surface area contributed by atoms with Crippen molar-refractivity contribution in [3.8, 4) is 5.75 Å². The highest BCUT2D eigenvalue weighted by Gasteiger charge is 2.43. The maximum atomic E-state index is 13.4. The van der Waals surface area contributed by atoms with Crippen LogP contribution in [0.1, 0.15) is 36.9 Å². The minimum absolute atomic E-state index is 0.197. The summed E-state index contributed by atoms with van der Waals surface area (Å²) in [6.45, 7) is 3.82.